The number of amides is 3. The number of nitrogens with one attached hydrogen (secondary N) is 1. The molecule has 2 aliphatic heterocycles. The van der Waals surface area contributed by atoms with Crippen LogP contribution >= 0.6 is 23.1 Å². The van der Waals surface area contributed by atoms with E-state index in [1.807, 2.05) is 0 Å². The topological polar surface area (TPSA) is 141 Å². The Bertz CT molecular complexity index is 1970. The highest BCUT2D eigenvalue weighted by Crippen LogP contribution is 2.53. The van der Waals surface area contributed by atoms with E-state index in [0.29, 0.717) is 26.7 Å². The maximum Gasteiger partial charge on any atom is 0.338 e. The molecular formula is C34H28FN3O8S2. The van der Waals surface area contributed by atoms with Crippen LogP contribution in [0.3, 0.4) is 0 Å². The number of nitrogens with zero attached hydrogens (tertiary/aromatic N) is 2. The van der Waals surface area contributed by atoms with Crippen molar-refractivity contribution in [2.45, 2.75) is 36.6 Å². The molecule has 0 spiro atoms. The van der Waals surface area contributed by atoms with Crippen LogP contribution in [0.4, 0.5) is 15.8 Å². The lowest BCUT2D eigenvalue weighted by Gasteiger charge is -2.30. The van der Waals surface area contributed by atoms with Crippen LogP contribution < -0.4 is 15.1 Å². The van der Waals surface area contributed by atoms with Gasteiger partial charge in [0.25, 0.3) is 0 Å². The lowest BCUT2D eigenvalue weighted by atomic mass is 9.83. The van der Waals surface area contributed by atoms with Crippen molar-refractivity contribution >= 4 is 64.1 Å². The number of esters is 2. The average molecular weight is 690 g/mol. The van der Waals surface area contributed by atoms with E-state index in [0.717, 1.165) is 28.0 Å². The fourth-order valence-electron chi connectivity index (χ4n) is 5.75. The first-order valence-corrected chi connectivity index (χ1v) is 16.7. The number of imide groups is 1. The number of ether oxygens (including phenoxy) is 2. The zero-order valence-corrected chi connectivity index (χ0v) is 27.3. The molecular weight excluding hydrogens is 662 g/mol. The van der Waals surface area contributed by atoms with Crippen molar-refractivity contribution in [3.63, 3.8) is 0 Å². The van der Waals surface area contributed by atoms with E-state index < -0.39 is 57.4 Å². The van der Waals surface area contributed by atoms with Gasteiger partial charge in [-0.3, -0.25) is 23.7 Å². The lowest BCUT2D eigenvalue weighted by molar-refractivity contribution is -0.122. The summed E-state index contributed by atoms with van der Waals surface area (Å²) in [6.45, 7) is 3.41. The molecule has 4 aromatic rings. The number of hydrogen-bond acceptors (Lipinski definition) is 10. The van der Waals surface area contributed by atoms with Crippen molar-refractivity contribution in [1.29, 1.82) is 0 Å². The van der Waals surface area contributed by atoms with Crippen molar-refractivity contribution in [1.82, 2.24) is 4.57 Å². The van der Waals surface area contributed by atoms with Gasteiger partial charge in [0.05, 0.1) is 41.0 Å². The molecule has 3 aromatic carbocycles. The zero-order valence-electron chi connectivity index (χ0n) is 25.6. The molecule has 11 nitrogen and oxygen atoms in total. The maximum atomic E-state index is 14.1. The molecule has 3 heterocycles. The van der Waals surface area contributed by atoms with Crippen LogP contribution in [0.15, 0.2) is 82.6 Å². The fourth-order valence-corrected chi connectivity index (χ4v) is 8.52. The normalized spacial score (nSPS) is 18.2. The zero-order chi connectivity index (χ0) is 34.1. The van der Waals surface area contributed by atoms with Crippen molar-refractivity contribution in [3.8, 4) is 0 Å². The number of aromatic nitrogens is 1. The summed E-state index contributed by atoms with van der Waals surface area (Å²) in [7, 11) is 0. The van der Waals surface area contributed by atoms with E-state index >= 15 is 0 Å². The van der Waals surface area contributed by atoms with E-state index in [1.165, 1.54) is 77.4 Å². The van der Waals surface area contributed by atoms with E-state index in [-0.39, 0.29) is 31.0 Å². The third-order valence-corrected chi connectivity index (χ3v) is 10.5. The molecule has 48 heavy (non-hydrogen) atoms. The fraction of sp³-hybridized carbons (Fsp3) is 0.235. The highest BCUT2D eigenvalue weighted by Gasteiger charge is 2.56. The minimum absolute atomic E-state index is 0.191. The number of anilines is 2. The molecule has 1 fully saturated rings. The number of hydrogen-bond donors (Lipinski definition) is 1. The molecule has 246 valence electrons. The minimum atomic E-state index is -0.955. The third kappa shape index (κ3) is 6.16. The quantitative estimate of drug-likeness (QED) is 0.193. The minimum Gasteiger partial charge on any atom is -0.462 e. The van der Waals surface area contributed by atoms with Gasteiger partial charge < -0.3 is 14.8 Å². The van der Waals surface area contributed by atoms with Gasteiger partial charge in [-0.2, -0.15) is 0 Å². The summed E-state index contributed by atoms with van der Waals surface area (Å²) < 4.78 is 25.3. The number of rotatable bonds is 9. The summed E-state index contributed by atoms with van der Waals surface area (Å²) >= 11 is 1.91. The van der Waals surface area contributed by atoms with Gasteiger partial charge in [0.1, 0.15) is 17.6 Å². The first-order valence-electron chi connectivity index (χ1n) is 15.0. The number of thiazole rings is 1. The van der Waals surface area contributed by atoms with Crippen LogP contribution in [0.1, 0.15) is 50.9 Å². The number of carbonyl (C=O) groups is 5. The molecule has 2 unspecified atom stereocenters. The predicted octanol–water partition coefficient (Wildman–Crippen LogP) is 4.84. The predicted molar refractivity (Wildman–Crippen MR) is 176 cm³/mol. The molecule has 0 bridgehead atoms. The van der Waals surface area contributed by atoms with Gasteiger partial charge >= 0.3 is 16.8 Å². The lowest BCUT2D eigenvalue weighted by Crippen LogP contribution is -2.33. The second-order valence-electron chi connectivity index (χ2n) is 10.8. The first-order chi connectivity index (χ1) is 23.1. The van der Waals surface area contributed by atoms with E-state index in [2.05, 4.69) is 5.32 Å². The molecule has 3 atom stereocenters. The average Bonchev–Trinajstić information content (AvgIpc) is 3.52. The van der Waals surface area contributed by atoms with Gasteiger partial charge in [-0.1, -0.05) is 35.2 Å². The number of thioether (sulfide) groups is 1. The Morgan fingerprint density at radius 3 is 1.98 bits per heavy atom. The summed E-state index contributed by atoms with van der Waals surface area (Å²) in [6, 6.07) is 17.6. The van der Waals surface area contributed by atoms with Crippen LogP contribution in [-0.4, -0.2) is 52.7 Å². The summed E-state index contributed by atoms with van der Waals surface area (Å²) in [5, 5.41) is 2.13. The molecule has 6 rings (SSSR count). The summed E-state index contributed by atoms with van der Waals surface area (Å²) in [6.07, 6.45) is 0. The van der Waals surface area contributed by atoms with Crippen LogP contribution in [0, 0.1) is 11.7 Å². The van der Waals surface area contributed by atoms with Gasteiger partial charge in [0, 0.05) is 16.5 Å². The molecule has 0 radical (unpaired) electrons. The first kappa shape index (κ1) is 32.8. The largest absolute Gasteiger partial charge is 0.462 e. The third-order valence-electron chi connectivity index (χ3n) is 7.90. The monoisotopic (exact) mass is 689 g/mol. The van der Waals surface area contributed by atoms with Gasteiger partial charge in [0.2, 0.25) is 17.7 Å². The number of benzene rings is 3. The molecule has 0 aliphatic carbocycles. The summed E-state index contributed by atoms with van der Waals surface area (Å²) in [4.78, 5) is 79.7. The number of halogens is 1. The molecule has 1 N–H and O–H groups in total. The molecule has 1 saturated heterocycles. The van der Waals surface area contributed by atoms with Gasteiger partial charge in [-0.25, -0.2) is 18.9 Å². The van der Waals surface area contributed by atoms with Crippen LogP contribution in [-0.2, 0) is 30.4 Å². The number of carbonyl (C=O) groups excluding carboxylic acids is 5. The second-order valence-corrected chi connectivity index (χ2v) is 13.0. The van der Waals surface area contributed by atoms with Gasteiger partial charge in [-0.05, 0) is 80.1 Å². The Morgan fingerprint density at radius 1 is 0.812 bits per heavy atom. The van der Waals surface area contributed by atoms with Crippen molar-refractivity contribution in [2.75, 3.05) is 23.4 Å². The van der Waals surface area contributed by atoms with Crippen LogP contribution in [0.2, 0.25) is 0 Å². The van der Waals surface area contributed by atoms with E-state index in [1.54, 1.807) is 13.8 Å². The SMILES string of the molecule is CCOC(=O)c1ccc(NC(=O)Cn2c3c(sc2=O)[C@H](c2ccc(F)cc2)C2C(=O)N(c4ccc(C(=O)OCC)cc4)C(=O)C2S3)cc1. The molecule has 1 aromatic heterocycles. The Balaban J connectivity index is 1.31. The molecule has 2 aliphatic rings. The Kier molecular flexibility index (Phi) is 9.29. The number of fused-ring (bicyclic) bond motifs is 2. The Labute approximate surface area is 281 Å². The van der Waals surface area contributed by atoms with Gasteiger partial charge in [0.15, 0.2) is 0 Å². The van der Waals surface area contributed by atoms with Crippen molar-refractivity contribution in [3.05, 3.63) is 110 Å². The molecule has 3 amide bonds. The Morgan fingerprint density at radius 2 is 1.40 bits per heavy atom. The van der Waals surface area contributed by atoms with Crippen LogP contribution in [0.25, 0.3) is 0 Å². The Hall–Kier alpha value is -5.08. The van der Waals surface area contributed by atoms with Crippen molar-refractivity contribution < 1.29 is 37.8 Å². The van der Waals surface area contributed by atoms with Crippen molar-refractivity contribution in [2.24, 2.45) is 5.92 Å². The second kappa shape index (κ2) is 13.6. The summed E-state index contributed by atoms with van der Waals surface area (Å²) in [5.41, 5.74) is 1.77. The maximum absolute atomic E-state index is 14.1. The van der Waals surface area contributed by atoms with E-state index in [4.69, 9.17) is 9.47 Å². The molecule has 0 saturated carbocycles. The smallest absolute Gasteiger partial charge is 0.338 e. The molecule has 14 heteroatoms. The van der Waals surface area contributed by atoms with Gasteiger partial charge in [-0.15, -0.1) is 0 Å². The summed E-state index contributed by atoms with van der Waals surface area (Å²) in [5.74, 6) is -4.78. The highest BCUT2D eigenvalue weighted by molar-refractivity contribution is 8.00. The van der Waals surface area contributed by atoms with E-state index in [9.17, 15) is 33.2 Å². The standard InChI is InChI=1S/C34H28FN3O8S2/c1-3-45-32(42)19-7-13-22(14-8-19)36-24(39)17-37-31-28(48-34(37)44)25(18-5-11-21(35)12-6-18)26-27(47-31)30(41)38(29(26)40)23-15-9-20(10-16-23)33(43)46-4-2/h5-16,25-27H,3-4,17H2,1-2H3,(H,36,39)/t25-,26?,27?/m1/s1. The van der Waals surface area contributed by atoms with Crippen LogP contribution in [0.5, 0.6) is 0 Å². The highest BCUT2D eigenvalue weighted by atomic mass is 32.2.